The number of hydrogen-bond donors (Lipinski definition) is 1. The molecule has 1 atom stereocenters. The fourth-order valence-corrected chi connectivity index (χ4v) is 3.71. The van der Waals surface area contributed by atoms with Crippen LogP contribution in [-0.4, -0.2) is 24.0 Å². The van der Waals surface area contributed by atoms with Crippen molar-refractivity contribution in [2.24, 2.45) is 7.05 Å². The first kappa shape index (κ1) is 10.4. The molecule has 5 nitrogen and oxygen atoms in total. The van der Waals surface area contributed by atoms with Gasteiger partial charge in [0.1, 0.15) is 10.9 Å². The van der Waals surface area contributed by atoms with Crippen LogP contribution in [0.15, 0.2) is 0 Å². The molecule has 15 heavy (non-hydrogen) atoms. The van der Waals surface area contributed by atoms with Gasteiger partial charge < -0.3 is 5.73 Å². The van der Waals surface area contributed by atoms with E-state index in [-0.39, 0.29) is 17.3 Å². The lowest BCUT2D eigenvalue weighted by atomic mass is 10.2. The van der Waals surface area contributed by atoms with Gasteiger partial charge in [-0.25, -0.2) is 12.8 Å². The summed E-state index contributed by atoms with van der Waals surface area (Å²) < 4.78 is 37.9. The van der Waals surface area contributed by atoms with Crippen molar-refractivity contribution in [3.8, 4) is 0 Å². The second kappa shape index (κ2) is 3.19. The maximum Gasteiger partial charge on any atom is 0.189 e. The first-order chi connectivity index (χ1) is 6.93. The lowest BCUT2D eigenvalue weighted by Crippen LogP contribution is -2.10. The standard InChI is InChI=1S/C8H12FN3O2S/c1-12-8(10)6(9)7(11-12)5-3-2-4-15(5,13)14/h5H,2-4,10H2,1H3. The van der Waals surface area contributed by atoms with Crippen LogP contribution in [0.1, 0.15) is 23.8 Å². The molecule has 0 saturated carbocycles. The highest BCUT2D eigenvalue weighted by Crippen LogP contribution is 2.36. The largest absolute Gasteiger partial charge is 0.381 e. The molecule has 1 aromatic rings. The van der Waals surface area contributed by atoms with E-state index in [1.165, 1.54) is 11.7 Å². The Bertz CT molecular complexity index is 494. The predicted molar refractivity (Wildman–Crippen MR) is 53.3 cm³/mol. The number of rotatable bonds is 1. The number of halogens is 1. The van der Waals surface area contributed by atoms with Crippen molar-refractivity contribution in [3.05, 3.63) is 11.5 Å². The molecule has 1 fully saturated rings. The highest BCUT2D eigenvalue weighted by molar-refractivity contribution is 7.91. The van der Waals surface area contributed by atoms with Crippen molar-refractivity contribution in [2.75, 3.05) is 11.5 Å². The van der Waals surface area contributed by atoms with Crippen molar-refractivity contribution < 1.29 is 12.8 Å². The summed E-state index contributed by atoms with van der Waals surface area (Å²) in [6, 6.07) is 0. The number of nitrogens with zero attached hydrogens (tertiary/aromatic N) is 2. The number of nitrogen functional groups attached to an aromatic ring is 1. The van der Waals surface area contributed by atoms with Gasteiger partial charge in [-0.1, -0.05) is 0 Å². The molecular formula is C8H12FN3O2S. The minimum atomic E-state index is -3.24. The maximum absolute atomic E-state index is 13.5. The first-order valence-electron chi connectivity index (χ1n) is 4.63. The lowest BCUT2D eigenvalue weighted by Gasteiger charge is -2.04. The molecule has 1 aliphatic heterocycles. The number of aromatic nitrogens is 2. The normalized spacial score (nSPS) is 24.5. The Labute approximate surface area is 87.0 Å². The maximum atomic E-state index is 13.5. The predicted octanol–water partition coefficient (Wildman–Crippen LogP) is 0.391. The molecule has 0 amide bonds. The summed E-state index contributed by atoms with van der Waals surface area (Å²) in [5.41, 5.74) is 5.35. The summed E-state index contributed by atoms with van der Waals surface area (Å²) in [7, 11) is -1.75. The fourth-order valence-electron chi connectivity index (χ4n) is 1.84. The number of nitrogens with two attached hydrogens (primary N) is 1. The average molecular weight is 233 g/mol. The number of anilines is 1. The Morgan fingerprint density at radius 1 is 1.60 bits per heavy atom. The summed E-state index contributed by atoms with van der Waals surface area (Å²) in [5.74, 6) is -0.715. The number of aryl methyl sites for hydroxylation is 1. The molecule has 0 aliphatic carbocycles. The topological polar surface area (TPSA) is 78.0 Å². The van der Waals surface area contributed by atoms with Crippen LogP contribution in [0.3, 0.4) is 0 Å². The van der Waals surface area contributed by atoms with E-state index in [4.69, 9.17) is 5.73 Å². The summed E-state index contributed by atoms with van der Waals surface area (Å²) in [4.78, 5) is 0. The van der Waals surface area contributed by atoms with Crippen LogP contribution in [0, 0.1) is 5.82 Å². The average Bonchev–Trinajstić information content (AvgIpc) is 2.61. The van der Waals surface area contributed by atoms with E-state index >= 15 is 0 Å². The molecule has 7 heteroatoms. The molecule has 0 aromatic carbocycles. The zero-order chi connectivity index (χ0) is 11.2. The van der Waals surface area contributed by atoms with Gasteiger partial charge in [-0.15, -0.1) is 0 Å². The lowest BCUT2D eigenvalue weighted by molar-refractivity contribution is 0.575. The van der Waals surface area contributed by atoms with Crippen LogP contribution in [0.4, 0.5) is 10.2 Å². The molecule has 2 rings (SSSR count). The molecule has 1 aromatic heterocycles. The van der Waals surface area contributed by atoms with E-state index in [1.807, 2.05) is 0 Å². The van der Waals surface area contributed by atoms with Crippen LogP contribution in [0.2, 0.25) is 0 Å². The van der Waals surface area contributed by atoms with E-state index in [1.54, 1.807) is 0 Å². The van der Waals surface area contributed by atoms with Crippen LogP contribution in [0.25, 0.3) is 0 Å². The molecule has 2 N–H and O–H groups in total. The SMILES string of the molecule is Cn1nc(C2CCCS2(=O)=O)c(F)c1N. The van der Waals surface area contributed by atoms with E-state index < -0.39 is 20.9 Å². The van der Waals surface area contributed by atoms with Crippen molar-refractivity contribution in [1.82, 2.24) is 9.78 Å². The van der Waals surface area contributed by atoms with E-state index in [2.05, 4.69) is 5.10 Å². The Morgan fingerprint density at radius 3 is 2.67 bits per heavy atom. The Kier molecular flexibility index (Phi) is 2.22. The highest BCUT2D eigenvalue weighted by atomic mass is 32.2. The van der Waals surface area contributed by atoms with Gasteiger partial charge in [-0.2, -0.15) is 5.10 Å². The number of sulfone groups is 1. The van der Waals surface area contributed by atoms with Crippen LogP contribution < -0.4 is 5.73 Å². The van der Waals surface area contributed by atoms with Gasteiger partial charge in [-0.3, -0.25) is 4.68 Å². The van der Waals surface area contributed by atoms with E-state index in [9.17, 15) is 12.8 Å². The molecule has 1 saturated heterocycles. The van der Waals surface area contributed by atoms with Crippen molar-refractivity contribution in [2.45, 2.75) is 18.1 Å². The summed E-state index contributed by atoms with van der Waals surface area (Å²) >= 11 is 0. The molecule has 0 bridgehead atoms. The summed E-state index contributed by atoms with van der Waals surface area (Å²) in [5, 5.41) is 3.01. The van der Waals surface area contributed by atoms with Crippen molar-refractivity contribution >= 4 is 15.7 Å². The monoisotopic (exact) mass is 233 g/mol. The molecular weight excluding hydrogens is 221 g/mol. The minimum absolute atomic E-state index is 0.0347. The molecule has 1 aliphatic rings. The molecule has 0 radical (unpaired) electrons. The zero-order valence-corrected chi connectivity index (χ0v) is 9.09. The Hall–Kier alpha value is -1.11. The molecule has 0 spiro atoms. The third-order valence-electron chi connectivity index (χ3n) is 2.69. The molecule has 1 unspecified atom stereocenters. The quantitative estimate of drug-likeness (QED) is 0.761. The van der Waals surface area contributed by atoms with Gasteiger partial charge in [0, 0.05) is 7.05 Å². The van der Waals surface area contributed by atoms with Crippen LogP contribution in [0.5, 0.6) is 0 Å². The van der Waals surface area contributed by atoms with Crippen molar-refractivity contribution in [3.63, 3.8) is 0 Å². The second-order valence-electron chi connectivity index (χ2n) is 3.71. The first-order valence-corrected chi connectivity index (χ1v) is 6.34. The van der Waals surface area contributed by atoms with Gasteiger partial charge >= 0.3 is 0 Å². The van der Waals surface area contributed by atoms with Crippen LogP contribution in [-0.2, 0) is 16.9 Å². The molecule has 84 valence electrons. The van der Waals surface area contributed by atoms with Crippen molar-refractivity contribution in [1.29, 1.82) is 0 Å². The van der Waals surface area contributed by atoms with E-state index in [0.717, 1.165) is 0 Å². The second-order valence-corrected chi connectivity index (χ2v) is 6.01. The van der Waals surface area contributed by atoms with Gasteiger partial charge in [0.05, 0.1) is 5.75 Å². The van der Waals surface area contributed by atoms with E-state index in [0.29, 0.717) is 12.8 Å². The summed E-state index contributed by atoms with van der Waals surface area (Å²) in [6.07, 6.45) is 0.985. The third-order valence-corrected chi connectivity index (χ3v) is 4.87. The van der Waals surface area contributed by atoms with Gasteiger partial charge in [0.2, 0.25) is 0 Å². The third kappa shape index (κ3) is 1.50. The Morgan fingerprint density at radius 2 is 2.27 bits per heavy atom. The zero-order valence-electron chi connectivity index (χ0n) is 8.27. The minimum Gasteiger partial charge on any atom is -0.381 e. The van der Waals surface area contributed by atoms with Gasteiger partial charge in [-0.05, 0) is 12.8 Å². The smallest absolute Gasteiger partial charge is 0.189 e. The summed E-state index contributed by atoms with van der Waals surface area (Å²) in [6.45, 7) is 0. The fraction of sp³-hybridized carbons (Fsp3) is 0.625. The highest BCUT2D eigenvalue weighted by Gasteiger charge is 2.37. The Balaban J connectivity index is 2.51. The number of hydrogen-bond acceptors (Lipinski definition) is 4. The van der Waals surface area contributed by atoms with Gasteiger partial charge in [0.25, 0.3) is 0 Å². The van der Waals surface area contributed by atoms with Gasteiger partial charge in [0.15, 0.2) is 21.5 Å². The van der Waals surface area contributed by atoms with Crippen LogP contribution >= 0.6 is 0 Å². The molecule has 2 heterocycles.